The van der Waals surface area contributed by atoms with Crippen molar-refractivity contribution in [2.75, 3.05) is 0 Å². The lowest BCUT2D eigenvalue weighted by molar-refractivity contribution is 0.111. The molecule has 0 N–H and O–H groups in total. The zero-order valence-corrected chi connectivity index (χ0v) is 12.0. The van der Waals surface area contributed by atoms with Gasteiger partial charge in [-0.1, -0.05) is 55.3 Å². The number of carbonyl (C=O) groups is 1. The number of hydrogen-bond acceptors (Lipinski definition) is 3. The number of aldehydes is 1. The lowest BCUT2D eigenvalue weighted by atomic mass is 10.1. The normalized spacial score (nSPS) is 10.7. The number of unbranched alkanes of at least 4 members (excludes halogenated alkanes) is 2. The molecule has 4 heteroatoms. The monoisotopic (exact) mass is 271 g/mol. The Hall–Kier alpha value is -1.97. The first-order chi connectivity index (χ1) is 9.85. The summed E-state index contributed by atoms with van der Waals surface area (Å²) < 4.78 is 1.89. The van der Waals surface area contributed by atoms with E-state index in [9.17, 15) is 4.79 Å². The Labute approximate surface area is 119 Å². The molecule has 0 aliphatic carbocycles. The maximum atomic E-state index is 11.1. The van der Waals surface area contributed by atoms with E-state index in [-0.39, 0.29) is 0 Å². The number of aromatic nitrogens is 3. The summed E-state index contributed by atoms with van der Waals surface area (Å²) in [4.78, 5) is 11.1. The molecule has 2 rings (SSSR count). The number of nitrogens with zero attached hydrogens (tertiary/aromatic N) is 3. The topological polar surface area (TPSA) is 47.8 Å². The lowest BCUT2D eigenvalue weighted by Gasteiger charge is -2.06. The summed E-state index contributed by atoms with van der Waals surface area (Å²) in [6.45, 7) is 3.02. The minimum absolute atomic E-state index is 0.484. The maximum absolute atomic E-state index is 11.1. The molecular formula is C16H21N3O. The van der Waals surface area contributed by atoms with E-state index >= 15 is 0 Å². The van der Waals surface area contributed by atoms with Crippen LogP contribution in [-0.4, -0.2) is 21.3 Å². The van der Waals surface area contributed by atoms with Crippen LogP contribution < -0.4 is 0 Å². The van der Waals surface area contributed by atoms with Crippen molar-refractivity contribution in [3.63, 3.8) is 0 Å². The number of benzene rings is 1. The predicted molar refractivity (Wildman–Crippen MR) is 78.8 cm³/mol. The van der Waals surface area contributed by atoms with Gasteiger partial charge >= 0.3 is 0 Å². The van der Waals surface area contributed by atoms with E-state index in [2.05, 4.69) is 29.4 Å². The first kappa shape index (κ1) is 14.4. The second-order valence-corrected chi connectivity index (χ2v) is 4.96. The molecular weight excluding hydrogens is 250 g/mol. The number of hydrogen-bond donors (Lipinski definition) is 0. The Morgan fingerprint density at radius 2 is 1.95 bits per heavy atom. The van der Waals surface area contributed by atoms with Gasteiger partial charge in [-0.15, -0.1) is 5.10 Å². The fourth-order valence-electron chi connectivity index (χ4n) is 2.29. The minimum atomic E-state index is 0.484. The van der Waals surface area contributed by atoms with Crippen LogP contribution >= 0.6 is 0 Å². The van der Waals surface area contributed by atoms with Crippen molar-refractivity contribution < 1.29 is 4.79 Å². The zero-order valence-electron chi connectivity index (χ0n) is 12.0. The third-order valence-corrected chi connectivity index (χ3v) is 3.45. The molecule has 1 aromatic carbocycles. The summed E-state index contributed by atoms with van der Waals surface area (Å²) in [7, 11) is 0. The van der Waals surface area contributed by atoms with E-state index in [1.165, 1.54) is 18.4 Å². The minimum Gasteiger partial charge on any atom is -0.296 e. The van der Waals surface area contributed by atoms with Crippen LogP contribution in [0, 0.1) is 0 Å². The van der Waals surface area contributed by atoms with Gasteiger partial charge in [-0.05, 0) is 24.8 Å². The summed E-state index contributed by atoms with van der Waals surface area (Å²) in [5.74, 6) is 0. The largest absolute Gasteiger partial charge is 0.296 e. The van der Waals surface area contributed by atoms with Gasteiger partial charge in [0.1, 0.15) is 5.69 Å². The summed E-state index contributed by atoms with van der Waals surface area (Å²) in [5.41, 5.74) is 2.71. The van der Waals surface area contributed by atoms with Crippen LogP contribution in [-0.2, 0) is 19.4 Å². The fourth-order valence-corrected chi connectivity index (χ4v) is 2.29. The maximum Gasteiger partial charge on any atom is 0.172 e. The summed E-state index contributed by atoms with van der Waals surface area (Å²) in [5, 5.41) is 8.08. The van der Waals surface area contributed by atoms with Crippen LogP contribution in [0.5, 0.6) is 0 Å². The molecule has 0 bridgehead atoms. The number of carbonyl (C=O) groups excluding carboxylic acids is 1. The molecule has 0 radical (unpaired) electrons. The molecule has 0 atom stereocenters. The fraction of sp³-hybridized carbons (Fsp3) is 0.438. The zero-order chi connectivity index (χ0) is 14.2. The molecule has 0 aliphatic rings. The molecule has 2 aromatic rings. The molecule has 0 fully saturated rings. The number of rotatable bonds is 8. The smallest absolute Gasteiger partial charge is 0.172 e. The molecule has 1 aromatic heterocycles. The molecule has 0 spiro atoms. The van der Waals surface area contributed by atoms with E-state index in [4.69, 9.17) is 0 Å². The van der Waals surface area contributed by atoms with Crippen LogP contribution in [0.3, 0.4) is 0 Å². The highest BCUT2D eigenvalue weighted by Crippen LogP contribution is 2.11. The van der Waals surface area contributed by atoms with Gasteiger partial charge in [-0.25, -0.2) is 4.68 Å². The second-order valence-electron chi connectivity index (χ2n) is 4.96. The first-order valence-electron chi connectivity index (χ1n) is 7.26. The van der Waals surface area contributed by atoms with Crippen LogP contribution in [0.4, 0.5) is 0 Å². The van der Waals surface area contributed by atoms with E-state index in [0.717, 1.165) is 37.8 Å². The van der Waals surface area contributed by atoms with Gasteiger partial charge in [-0.2, -0.15) is 0 Å². The molecule has 0 saturated carbocycles. The third kappa shape index (κ3) is 3.76. The van der Waals surface area contributed by atoms with Gasteiger partial charge in [0.15, 0.2) is 6.29 Å². The van der Waals surface area contributed by atoms with Crippen LogP contribution in [0.1, 0.15) is 47.9 Å². The highest BCUT2D eigenvalue weighted by Gasteiger charge is 2.11. The standard InChI is InChI=1S/C16H21N3O/c1-2-3-7-12-19-16(15(13-20)17-18-19)11-10-14-8-5-4-6-9-14/h4-6,8-9,13H,2-3,7,10-12H2,1H3. The predicted octanol–water partition coefficient (Wildman–Crippen LogP) is 3.07. The second kappa shape index (κ2) is 7.58. The van der Waals surface area contributed by atoms with Gasteiger partial charge in [0.25, 0.3) is 0 Å². The first-order valence-corrected chi connectivity index (χ1v) is 7.26. The SMILES string of the molecule is CCCCCn1nnc(C=O)c1CCc1ccccc1. The third-order valence-electron chi connectivity index (χ3n) is 3.45. The van der Waals surface area contributed by atoms with Gasteiger partial charge in [-0.3, -0.25) is 4.79 Å². The van der Waals surface area contributed by atoms with Crippen molar-refractivity contribution >= 4 is 6.29 Å². The van der Waals surface area contributed by atoms with Gasteiger partial charge in [0.05, 0.1) is 5.69 Å². The average Bonchev–Trinajstić information content (AvgIpc) is 2.88. The highest BCUT2D eigenvalue weighted by atomic mass is 16.1. The quantitative estimate of drug-likeness (QED) is 0.547. The van der Waals surface area contributed by atoms with Crippen molar-refractivity contribution in [2.45, 2.75) is 45.6 Å². The van der Waals surface area contributed by atoms with Crippen molar-refractivity contribution in [3.8, 4) is 0 Å². The van der Waals surface area contributed by atoms with Crippen LogP contribution in [0.15, 0.2) is 30.3 Å². The van der Waals surface area contributed by atoms with E-state index in [1.54, 1.807) is 0 Å². The van der Waals surface area contributed by atoms with Crippen molar-refractivity contribution in [3.05, 3.63) is 47.3 Å². The van der Waals surface area contributed by atoms with Crippen LogP contribution in [0.2, 0.25) is 0 Å². The molecule has 20 heavy (non-hydrogen) atoms. The summed E-state index contributed by atoms with van der Waals surface area (Å²) in [6, 6.07) is 10.3. The Morgan fingerprint density at radius 1 is 1.15 bits per heavy atom. The average molecular weight is 271 g/mol. The van der Waals surface area contributed by atoms with E-state index in [0.29, 0.717) is 5.69 Å². The number of aryl methyl sites for hydroxylation is 2. The van der Waals surface area contributed by atoms with Gasteiger partial charge in [0.2, 0.25) is 0 Å². The Morgan fingerprint density at radius 3 is 2.65 bits per heavy atom. The summed E-state index contributed by atoms with van der Waals surface area (Å²) >= 11 is 0. The van der Waals surface area contributed by atoms with Crippen molar-refractivity contribution in [1.82, 2.24) is 15.0 Å². The summed E-state index contributed by atoms with van der Waals surface area (Å²) in [6.07, 6.45) is 5.95. The molecule has 0 aliphatic heterocycles. The molecule has 4 nitrogen and oxygen atoms in total. The van der Waals surface area contributed by atoms with Gasteiger partial charge < -0.3 is 0 Å². The van der Waals surface area contributed by atoms with E-state index in [1.807, 2.05) is 22.9 Å². The Balaban J connectivity index is 2.04. The molecule has 0 unspecified atom stereocenters. The highest BCUT2D eigenvalue weighted by molar-refractivity contribution is 5.73. The van der Waals surface area contributed by atoms with Crippen molar-refractivity contribution in [2.24, 2.45) is 0 Å². The van der Waals surface area contributed by atoms with Crippen LogP contribution in [0.25, 0.3) is 0 Å². The Kier molecular flexibility index (Phi) is 5.47. The van der Waals surface area contributed by atoms with E-state index < -0.39 is 0 Å². The molecule has 106 valence electrons. The van der Waals surface area contributed by atoms with Crippen molar-refractivity contribution in [1.29, 1.82) is 0 Å². The Bertz CT molecular complexity index is 534. The molecule has 0 amide bonds. The lowest BCUT2D eigenvalue weighted by Crippen LogP contribution is -2.08. The molecule has 1 heterocycles. The van der Waals surface area contributed by atoms with Gasteiger partial charge in [0, 0.05) is 6.54 Å². The molecule has 0 saturated heterocycles.